The third-order valence-corrected chi connectivity index (χ3v) is 2.08. The number of nitrogens with two attached hydrogens (primary N) is 1. The van der Waals surface area contributed by atoms with E-state index in [1.807, 2.05) is 13.8 Å². The van der Waals surface area contributed by atoms with Crippen LogP contribution in [0.4, 0.5) is 0 Å². The van der Waals surface area contributed by atoms with Gasteiger partial charge in [-0.05, 0) is 25.7 Å². The van der Waals surface area contributed by atoms with Crippen molar-refractivity contribution in [2.75, 3.05) is 6.54 Å². The van der Waals surface area contributed by atoms with Crippen LogP contribution in [0.2, 0.25) is 0 Å². The first-order chi connectivity index (χ1) is 5.71. The lowest BCUT2D eigenvalue weighted by Gasteiger charge is -2.31. The fourth-order valence-corrected chi connectivity index (χ4v) is 1.61. The summed E-state index contributed by atoms with van der Waals surface area (Å²) in [5, 5.41) is 8.92. The Morgan fingerprint density at radius 2 is 1.85 bits per heavy atom. The molecule has 0 saturated heterocycles. The van der Waals surface area contributed by atoms with Crippen LogP contribution in [0.1, 0.15) is 34.1 Å². The molecular formula is C9H20N2O2. The van der Waals surface area contributed by atoms with Gasteiger partial charge in [-0.3, -0.25) is 16.1 Å². The average Bonchev–Trinajstić information content (AvgIpc) is 1.83. The largest absolute Gasteiger partial charge is 0.481 e. The molecule has 0 spiro atoms. The van der Waals surface area contributed by atoms with Crippen molar-refractivity contribution in [1.82, 2.24) is 5.43 Å². The summed E-state index contributed by atoms with van der Waals surface area (Å²) in [6.45, 7) is 8.07. The Balaban J connectivity index is 4.33. The molecule has 0 atom stereocenters. The van der Waals surface area contributed by atoms with Crippen LogP contribution in [0.25, 0.3) is 0 Å². The maximum Gasteiger partial charge on any atom is 0.309 e. The van der Waals surface area contributed by atoms with Crippen LogP contribution < -0.4 is 11.3 Å². The maximum absolute atomic E-state index is 10.9. The van der Waals surface area contributed by atoms with Gasteiger partial charge in [0.15, 0.2) is 0 Å². The standard InChI is InChI=1S/C9H20N2O2/c1-8(2,6-11-10)5-9(3,4)7(12)13/h11H,5-6,10H2,1-4H3,(H,12,13). The highest BCUT2D eigenvalue weighted by atomic mass is 16.4. The monoisotopic (exact) mass is 188 g/mol. The molecule has 0 radical (unpaired) electrons. The van der Waals surface area contributed by atoms with Crippen LogP contribution >= 0.6 is 0 Å². The van der Waals surface area contributed by atoms with Crippen molar-refractivity contribution in [2.45, 2.75) is 34.1 Å². The van der Waals surface area contributed by atoms with Gasteiger partial charge in [0, 0.05) is 6.54 Å². The third-order valence-electron chi connectivity index (χ3n) is 2.08. The molecule has 4 nitrogen and oxygen atoms in total. The molecule has 0 aromatic heterocycles. The summed E-state index contributed by atoms with van der Waals surface area (Å²) in [7, 11) is 0. The molecule has 0 aliphatic carbocycles. The summed E-state index contributed by atoms with van der Waals surface area (Å²) in [6.07, 6.45) is 0.597. The summed E-state index contributed by atoms with van der Waals surface area (Å²) in [4.78, 5) is 10.9. The van der Waals surface area contributed by atoms with Crippen molar-refractivity contribution < 1.29 is 9.90 Å². The maximum atomic E-state index is 10.9. The minimum atomic E-state index is -0.766. The van der Waals surface area contributed by atoms with Gasteiger partial charge in [0.2, 0.25) is 0 Å². The molecule has 0 saturated carbocycles. The molecule has 0 aromatic carbocycles. The predicted octanol–water partition coefficient (Wildman–Crippen LogP) is 0.977. The molecule has 0 bridgehead atoms. The van der Waals surface area contributed by atoms with E-state index >= 15 is 0 Å². The first kappa shape index (κ1) is 12.4. The van der Waals surface area contributed by atoms with Crippen molar-refractivity contribution in [3.63, 3.8) is 0 Å². The van der Waals surface area contributed by atoms with E-state index in [1.165, 1.54) is 0 Å². The second-order valence-electron chi connectivity index (χ2n) is 4.91. The third kappa shape index (κ3) is 4.24. The number of hydrogen-bond acceptors (Lipinski definition) is 3. The molecule has 78 valence electrons. The van der Waals surface area contributed by atoms with Gasteiger partial charge in [0.25, 0.3) is 0 Å². The summed E-state index contributed by atoms with van der Waals surface area (Å²) in [5.74, 6) is 4.45. The molecule has 0 rings (SSSR count). The van der Waals surface area contributed by atoms with E-state index in [9.17, 15) is 4.79 Å². The lowest BCUT2D eigenvalue weighted by atomic mass is 9.75. The number of carboxylic acid groups (broad SMARTS) is 1. The minimum Gasteiger partial charge on any atom is -0.481 e. The van der Waals surface area contributed by atoms with Crippen molar-refractivity contribution in [1.29, 1.82) is 0 Å². The van der Waals surface area contributed by atoms with E-state index in [1.54, 1.807) is 13.8 Å². The number of hydrazine groups is 1. The molecule has 4 N–H and O–H groups in total. The Morgan fingerprint density at radius 1 is 1.38 bits per heavy atom. The fraction of sp³-hybridized carbons (Fsp3) is 0.889. The highest BCUT2D eigenvalue weighted by molar-refractivity contribution is 5.73. The van der Waals surface area contributed by atoms with Crippen LogP contribution in [-0.2, 0) is 4.79 Å². The molecule has 0 aliphatic heterocycles. The number of nitrogens with one attached hydrogen (secondary N) is 1. The Labute approximate surface area is 79.5 Å². The predicted molar refractivity (Wildman–Crippen MR) is 52.0 cm³/mol. The van der Waals surface area contributed by atoms with Gasteiger partial charge in [-0.2, -0.15) is 0 Å². The van der Waals surface area contributed by atoms with Gasteiger partial charge < -0.3 is 5.11 Å². The van der Waals surface area contributed by atoms with E-state index in [-0.39, 0.29) is 5.41 Å². The van der Waals surface area contributed by atoms with Crippen LogP contribution in [0, 0.1) is 10.8 Å². The fourth-order valence-electron chi connectivity index (χ4n) is 1.61. The van der Waals surface area contributed by atoms with Gasteiger partial charge in [-0.1, -0.05) is 13.8 Å². The number of hydrogen-bond donors (Lipinski definition) is 3. The number of rotatable bonds is 5. The number of aliphatic carboxylic acids is 1. The van der Waals surface area contributed by atoms with E-state index in [0.717, 1.165) is 0 Å². The molecular weight excluding hydrogens is 168 g/mol. The first-order valence-electron chi connectivity index (χ1n) is 4.38. The van der Waals surface area contributed by atoms with E-state index in [2.05, 4.69) is 5.43 Å². The zero-order valence-electron chi connectivity index (χ0n) is 8.85. The Kier molecular flexibility index (Phi) is 3.88. The molecule has 0 amide bonds. The Hall–Kier alpha value is -0.610. The van der Waals surface area contributed by atoms with E-state index in [4.69, 9.17) is 10.9 Å². The Morgan fingerprint density at radius 3 is 2.15 bits per heavy atom. The van der Waals surface area contributed by atoms with E-state index < -0.39 is 11.4 Å². The molecule has 0 aromatic rings. The lowest BCUT2D eigenvalue weighted by Crippen LogP contribution is -2.39. The molecule has 0 heterocycles. The van der Waals surface area contributed by atoms with Crippen LogP contribution in [0.5, 0.6) is 0 Å². The molecule has 0 fully saturated rings. The topological polar surface area (TPSA) is 75.3 Å². The van der Waals surface area contributed by atoms with Gasteiger partial charge in [0.05, 0.1) is 5.41 Å². The zero-order chi connectivity index (χ0) is 10.7. The van der Waals surface area contributed by atoms with Crippen molar-refractivity contribution in [2.24, 2.45) is 16.7 Å². The van der Waals surface area contributed by atoms with Crippen molar-refractivity contribution in [3.05, 3.63) is 0 Å². The SMILES string of the molecule is CC(C)(CNN)CC(C)(C)C(=O)O. The van der Waals surface area contributed by atoms with Crippen LogP contribution in [0.3, 0.4) is 0 Å². The second-order valence-corrected chi connectivity index (χ2v) is 4.91. The van der Waals surface area contributed by atoms with Crippen LogP contribution in [-0.4, -0.2) is 17.6 Å². The second kappa shape index (κ2) is 4.07. The van der Waals surface area contributed by atoms with Crippen molar-refractivity contribution in [3.8, 4) is 0 Å². The van der Waals surface area contributed by atoms with Gasteiger partial charge in [-0.25, -0.2) is 0 Å². The van der Waals surface area contributed by atoms with Gasteiger partial charge in [0.1, 0.15) is 0 Å². The Bertz CT molecular complexity index is 188. The highest BCUT2D eigenvalue weighted by Crippen LogP contribution is 2.33. The lowest BCUT2D eigenvalue weighted by molar-refractivity contribution is -0.148. The average molecular weight is 188 g/mol. The van der Waals surface area contributed by atoms with E-state index in [0.29, 0.717) is 13.0 Å². The number of carbonyl (C=O) groups is 1. The first-order valence-corrected chi connectivity index (χ1v) is 4.38. The van der Waals surface area contributed by atoms with Gasteiger partial charge in [-0.15, -0.1) is 0 Å². The molecule has 0 unspecified atom stereocenters. The molecule has 4 heteroatoms. The minimum absolute atomic E-state index is 0.101. The van der Waals surface area contributed by atoms with Gasteiger partial charge >= 0.3 is 5.97 Å². The summed E-state index contributed by atoms with van der Waals surface area (Å²) in [5.41, 5.74) is 1.78. The highest BCUT2D eigenvalue weighted by Gasteiger charge is 2.34. The molecule has 0 aliphatic rings. The van der Waals surface area contributed by atoms with Crippen LogP contribution in [0.15, 0.2) is 0 Å². The normalized spacial score (nSPS) is 13.0. The molecule has 13 heavy (non-hydrogen) atoms. The van der Waals surface area contributed by atoms with Crippen molar-refractivity contribution >= 4 is 5.97 Å². The number of carboxylic acids is 1. The summed E-state index contributed by atoms with van der Waals surface area (Å²) < 4.78 is 0. The summed E-state index contributed by atoms with van der Waals surface area (Å²) >= 11 is 0. The zero-order valence-corrected chi connectivity index (χ0v) is 8.85. The smallest absolute Gasteiger partial charge is 0.309 e. The quantitative estimate of drug-likeness (QED) is 0.444. The summed E-state index contributed by atoms with van der Waals surface area (Å²) in [6, 6.07) is 0.